The number of hydrogen-bond acceptors (Lipinski definition) is 3. The molecular weight excluding hydrogens is 266 g/mol. The largest absolute Gasteiger partial charge is 0.477 e. The van der Waals surface area contributed by atoms with Crippen LogP contribution in [-0.4, -0.2) is 27.4 Å². The molecule has 2 N–H and O–H groups in total. The number of carboxylic acid groups (broad SMARTS) is 1. The first kappa shape index (κ1) is 15.1. The van der Waals surface area contributed by atoms with Crippen LogP contribution in [-0.2, 0) is 7.05 Å². The molecule has 0 aliphatic carbocycles. The molecule has 1 aromatic heterocycles. The van der Waals surface area contributed by atoms with Crippen molar-refractivity contribution in [1.29, 1.82) is 0 Å². The molecule has 112 valence electrons. The van der Waals surface area contributed by atoms with Crippen LogP contribution >= 0.6 is 0 Å². The number of benzene rings is 1. The van der Waals surface area contributed by atoms with Crippen LogP contribution in [0.5, 0.6) is 0 Å². The van der Waals surface area contributed by atoms with Gasteiger partial charge in [0.15, 0.2) is 0 Å². The number of hydrogen-bond donors (Lipinski definition) is 2. The molecule has 0 saturated heterocycles. The molecule has 0 spiro atoms. The summed E-state index contributed by atoms with van der Waals surface area (Å²) in [6.07, 6.45) is 0.924. The van der Waals surface area contributed by atoms with Crippen molar-refractivity contribution in [2.45, 2.75) is 26.2 Å². The van der Waals surface area contributed by atoms with Crippen LogP contribution in [0.4, 0.5) is 5.82 Å². The standard InChI is InChI=1S/C16H21N3O2/c1-11(13-7-5-4-6-8-13)9-10-17-15-14(16(20)21)12(2)18-19(15)3/h4-8,11,17H,9-10H2,1-3H3,(H,20,21). The van der Waals surface area contributed by atoms with Crippen LogP contribution in [0, 0.1) is 6.92 Å². The zero-order chi connectivity index (χ0) is 15.4. The fourth-order valence-corrected chi connectivity index (χ4v) is 2.47. The van der Waals surface area contributed by atoms with Gasteiger partial charge in [-0.05, 0) is 24.8 Å². The topological polar surface area (TPSA) is 67.2 Å². The van der Waals surface area contributed by atoms with Gasteiger partial charge in [-0.2, -0.15) is 5.10 Å². The van der Waals surface area contributed by atoms with Crippen LogP contribution in [0.15, 0.2) is 30.3 Å². The number of nitrogens with one attached hydrogen (secondary N) is 1. The molecule has 2 rings (SSSR count). The van der Waals surface area contributed by atoms with E-state index in [1.165, 1.54) is 5.56 Å². The summed E-state index contributed by atoms with van der Waals surface area (Å²) in [6, 6.07) is 10.3. The molecule has 0 aliphatic rings. The lowest BCUT2D eigenvalue weighted by Crippen LogP contribution is -2.12. The van der Waals surface area contributed by atoms with Gasteiger partial charge < -0.3 is 10.4 Å². The van der Waals surface area contributed by atoms with E-state index in [4.69, 9.17) is 0 Å². The van der Waals surface area contributed by atoms with Gasteiger partial charge in [-0.3, -0.25) is 4.68 Å². The highest BCUT2D eigenvalue weighted by molar-refractivity contribution is 5.94. The summed E-state index contributed by atoms with van der Waals surface area (Å²) >= 11 is 0. The van der Waals surface area contributed by atoms with Crippen LogP contribution < -0.4 is 5.32 Å². The SMILES string of the molecule is Cc1nn(C)c(NCCC(C)c2ccccc2)c1C(=O)O. The normalized spacial score (nSPS) is 12.1. The van der Waals surface area contributed by atoms with Crippen molar-refractivity contribution in [2.24, 2.45) is 7.05 Å². The summed E-state index contributed by atoms with van der Waals surface area (Å²) in [6.45, 7) is 4.58. The summed E-state index contributed by atoms with van der Waals surface area (Å²) in [5.74, 6) is 0.0424. The average Bonchev–Trinajstić information content (AvgIpc) is 2.74. The number of nitrogens with zero attached hydrogens (tertiary/aromatic N) is 2. The highest BCUT2D eigenvalue weighted by Gasteiger charge is 2.19. The maximum Gasteiger partial charge on any atom is 0.341 e. The Balaban J connectivity index is 2.00. The Morgan fingerprint density at radius 1 is 1.38 bits per heavy atom. The maximum atomic E-state index is 11.3. The van der Waals surface area contributed by atoms with Crippen molar-refractivity contribution in [3.8, 4) is 0 Å². The summed E-state index contributed by atoms with van der Waals surface area (Å²) in [4.78, 5) is 11.3. The molecule has 0 saturated carbocycles. The van der Waals surface area contributed by atoms with Gasteiger partial charge >= 0.3 is 5.97 Å². The van der Waals surface area contributed by atoms with E-state index in [9.17, 15) is 9.90 Å². The van der Waals surface area contributed by atoms with E-state index in [0.717, 1.165) is 6.42 Å². The zero-order valence-electron chi connectivity index (χ0n) is 12.6. The molecule has 1 heterocycles. The van der Waals surface area contributed by atoms with Crippen LogP contribution in [0.2, 0.25) is 0 Å². The fourth-order valence-electron chi connectivity index (χ4n) is 2.47. The third-order valence-electron chi connectivity index (χ3n) is 3.67. The van der Waals surface area contributed by atoms with Crippen molar-refractivity contribution >= 4 is 11.8 Å². The average molecular weight is 287 g/mol. The van der Waals surface area contributed by atoms with Crippen LogP contribution in [0.3, 0.4) is 0 Å². The van der Waals surface area contributed by atoms with E-state index in [-0.39, 0.29) is 5.56 Å². The monoisotopic (exact) mass is 287 g/mol. The highest BCUT2D eigenvalue weighted by Crippen LogP contribution is 2.21. The zero-order valence-corrected chi connectivity index (χ0v) is 12.6. The molecule has 1 unspecified atom stereocenters. The minimum Gasteiger partial charge on any atom is -0.477 e. The van der Waals surface area contributed by atoms with E-state index in [0.29, 0.717) is 24.0 Å². The number of carboxylic acids is 1. The smallest absolute Gasteiger partial charge is 0.341 e. The van der Waals surface area contributed by atoms with Gasteiger partial charge in [0, 0.05) is 13.6 Å². The van der Waals surface area contributed by atoms with Gasteiger partial charge in [-0.1, -0.05) is 37.3 Å². The van der Waals surface area contributed by atoms with Crippen molar-refractivity contribution in [2.75, 3.05) is 11.9 Å². The Morgan fingerprint density at radius 3 is 2.67 bits per heavy atom. The van der Waals surface area contributed by atoms with Gasteiger partial charge in [0.1, 0.15) is 11.4 Å². The maximum absolute atomic E-state index is 11.3. The molecule has 0 radical (unpaired) electrons. The molecule has 1 aromatic carbocycles. The first-order valence-electron chi connectivity index (χ1n) is 7.06. The quantitative estimate of drug-likeness (QED) is 0.857. The number of aromatic carboxylic acids is 1. The molecule has 2 aromatic rings. The predicted octanol–water partition coefficient (Wildman–Crippen LogP) is 3.03. The number of aryl methyl sites for hydroxylation is 2. The Hall–Kier alpha value is -2.30. The second kappa shape index (κ2) is 6.43. The third kappa shape index (κ3) is 3.42. The lowest BCUT2D eigenvalue weighted by Gasteiger charge is -2.13. The Labute approximate surface area is 124 Å². The molecule has 0 bridgehead atoms. The minimum atomic E-state index is -0.945. The van der Waals surface area contributed by atoms with E-state index in [1.807, 2.05) is 18.2 Å². The van der Waals surface area contributed by atoms with Crippen molar-refractivity contribution in [3.63, 3.8) is 0 Å². The second-order valence-corrected chi connectivity index (χ2v) is 5.26. The molecule has 5 heteroatoms. The van der Waals surface area contributed by atoms with Gasteiger partial charge in [-0.25, -0.2) is 4.79 Å². The summed E-state index contributed by atoms with van der Waals surface area (Å²) < 4.78 is 1.59. The first-order valence-corrected chi connectivity index (χ1v) is 7.06. The summed E-state index contributed by atoms with van der Waals surface area (Å²) in [7, 11) is 1.75. The summed E-state index contributed by atoms with van der Waals surface area (Å²) in [5, 5.41) is 16.6. The number of aromatic nitrogens is 2. The molecular formula is C16H21N3O2. The van der Waals surface area contributed by atoms with Gasteiger partial charge in [0.25, 0.3) is 0 Å². The lowest BCUT2D eigenvalue weighted by atomic mass is 9.98. The van der Waals surface area contributed by atoms with Gasteiger partial charge in [0.2, 0.25) is 0 Å². The number of rotatable bonds is 6. The molecule has 21 heavy (non-hydrogen) atoms. The highest BCUT2D eigenvalue weighted by atomic mass is 16.4. The van der Waals surface area contributed by atoms with E-state index < -0.39 is 5.97 Å². The first-order chi connectivity index (χ1) is 10.0. The summed E-state index contributed by atoms with van der Waals surface area (Å²) in [5.41, 5.74) is 2.08. The molecule has 5 nitrogen and oxygen atoms in total. The van der Waals surface area contributed by atoms with Gasteiger partial charge in [0.05, 0.1) is 5.69 Å². The second-order valence-electron chi connectivity index (χ2n) is 5.26. The molecule has 0 aliphatic heterocycles. The molecule has 1 atom stereocenters. The van der Waals surface area contributed by atoms with Crippen molar-refractivity contribution in [3.05, 3.63) is 47.2 Å². The van der Waals surface area contributed by atoms with E-state index in [1.54, 1.807) is 18.7 Å². The van der Waals surface area contributed by atoms with Crippen molar-refractivity contribution < 1.29 is 9.90 Å². The lowest BCUT2D eigenvalue weighted by molar-refractivity contribution is 0.0697. The Bertz CT molecular complexity index is 620. The molecule has 0 amide bonds. The van der Waals surface area contributed by atoms with Crippen molar-refractivity contribution in [1.82, 2.24) is 9.78 Å². The van der Waals surface area contributed by atoms with Gasteiger partial charge in [-0.15, -0.1) is 0 Å². The number of carbonyl (C=O) groups is 1. The van der Waals surface area contributed by atoms with E-state index >= 15 is 0 Å². The predicted molar refractivity (Wildman–Crippen MR) is 82.9 cm³/mol. The van der Waals surface area contributed by atoms with Crippen LogP contribution in [0.25, 0.3) is 0 Å². The third-order valence-corrected chi connectivity index (χ3v) is 3.67. The molecule has 0 fully saturated rings. The minimum absolute atomic E-state index is 0.255. The van der Waals surface area contributed by atoms with Crippen LogP contribution in [0.1, 0.15) is 40.9 Å². The number of anilines is 1. The van der Waals surface area contributed by atoms with E-state index in [2.05, 4.69) is 29.5 Å². The Morgan fingerprint density at radius 2 is 2.05 bits per heavy atom. The Kier molecular flexibility index (Phi) is 4.62. The fraction of sp³-hybridized carbons (Fsp3) is 0.375.